The van der Waals surface area contributed by atoms with E-state index in [-0.39, 0.29) is 0 Å². The molecule has 0 unspecified atom stereocenters. The highest BCUT2D eigenvalue weighted by molar-refractivity contribution is 5.92. The van der Waals surface area contributed by atoms with Crippen LogP contribution in [0.15, 0.2) is 48.0 Å². The third kappa shape index (κ3) is 2.49. The summed E-state index contributed by atoms with van der Waals surface area (Å²) in [6.07, 6.45) is 2.01. The van der Waals surface area contributed by atoms with E-state index in [4.69, 9.17) is 0 Å². The van der Waals surface area contributed by atoms with Crippen LogP contribution in [-0.2, 0) is 6.42 Å². The zero-order valence-corrected chi connectivity index (χ0v) is 12.3. The van der Waals surface area contributed by atoms with Crippen molar-refractivity contribution < 1.29 is 9.90 Å². The molecule has 2 heteroatoms. The Balaban J connectivity index is 2.21. The minimum Gasteiger partial charge on any atom is -0.478 e. The van der Waals surface area contributed by atoms with Crippen molar-refractivity contribution in [2.45, 2.75) is 26.7 Å². The van der Waals surface area contributed by atoms with E-state index in [0.29, 0.717) is 5.56 Å². The Kier molecular flexibility index (Phi) is 3.38. The number of benzene rings is 2. The third-order valence-electron chi connectivity index (χ3n) is 4.13. The van der Waals surface area contributed by atoms with E-state index < -0.39 is 5.97 Å². The second kappa shape index (κ2) is 5.21. The molecule has 0 bridgehead atoms. The molecule has 3 rings (SSSR count). The van der Waals surface area contributed by atoms with E-state index in [0.717, 1.165) is 18.4 Å². The fraction of sp³-hybridized carbons (Fsp3) is 0.211. The molecule has 0 saturated heterocycles. The molecular weight excluding hydrogens is 260 g/mol. The van der Waals surface area contributed by atoms with Gasteiger partial charge in [-0.1, -0.05) is 41.5 Å². The molecule has 0 amide bonds. The molecule has 1 N–H and O–H groups in total. The van der Waals surface area contributed by atoms with Crippen molar-refractivity contribution in [1.82, 2.24) is 0 Å². The van der Waals surface area contributed by atoms with E-state index in [1.807, 2.05) is 12.1 Å². The van der Waals surface area contributed by atoms with Gasteiger partial charge in [-0.15, -0.1) is 0 Å². The van der Waals surface area contributed by atoms with Gasteiger partial charge in [0, 0.05) is 0 Å². The lowest BCUT2D eigenvalue weighted by Crippen LogP contribution is -2.07. The Morgan fingerprint density at radius 3 is 2.57 bits per heavy atom. The molecule has 0 atom stereocenters. The van der Waals surface area contributed by atoms with Crippen molar-refractivity contribution in [3.05, 3.63) is 75.9 Å². The first-order valence-electron chi connectivity index (χ1n) is 7.19. The minimum atomic E-state index is -0.871. The SMILES string of the molecule is CC1=C(c2cccc(C)c2)c2cc(C(=O)O)ccc2CC1. The molecule has 2 aromatic rings. The van der Waals surface area contributed by atoms with Crippen LogP contribution in [0.1, 0.15) is 46.0 Å². The van der Waals surface area contributed by atoms with Crippen LogP contribution in [-0.4, -0.2) is 11.1 Å². The maximum atomic E-state index is 11.2. The summed E-state index contributed by atoms with van der Waals surface area (Å²) in [5.41, 5.74) is 7.59. The lowest BCUT2D eigenvalue weighted by atomic mass is 9.82. The molecule has 0 fully saturated rings. The maximum absolute atomic E-state index is 11.2. The van der Waals surface area contributed by atoms with Gasteiger partial charge in [0.05, 0.1) is 5.56 Å². The molecule has 0 heterocycles. The first kappa shape index (κ1) is 13.6. The number of carbonyl (C=O) groups is 1. The average molecular weight is 278 g/mol. The number of rotatable bonds is 2. The van der Waals surface area contributed by atoms with Crippen LogP contribution in [0, 0.1) is 6.92 Å². The smallest absolute Gasteiger partial charge is 0.335 e. The lowest BCUT2D eigenvalue weighted by molar-refractivity contribution is 0.0697. The van der Waals surface area contributed by atoms with E-state index in [9.17, 15) is 9.90 Å². The summed E-state index contributed by atoms with van der Waals surface area (Å²) >= 11 is 0. The van der Waals surface area contributed by atoms with Crippen LogP contribution >= 0.6 is 0 Å². The van der Waals surface area contributed by atoms with Crippen LogP contribution in [0.2, 0.25) is 0 Å². The van der Waals surface area contributed by atoms with Gasteiger partial charge in [0.2, 0.25) is 0 Å². The summed E-state index contributed by atoms with van der Waals surface area (Å²) in [7, 11) is 0. The summed E-state index contributed by atoms with van der Waals surface area (Å²) in [6, 6.07) is 13.9. The molecule has 0 saturated carbocycles. The van der Waals surface area contributed by atoms with E-state index in [1.165, 1.54) is 27.8 Å². The van der Waals surface area contributed by atoms with Gasteiger partial charge in [-0.2, -0.15) is 0 Å². The summed E-state index contributed by atoms with van der Waals surface area (Å²) in [5, 5.41) is 9.24. The van der Waals surface area contributed by atoms with Gasteiger partial charge in [0.15, 0.2) is 0 Å². The number of fused-ring (bicyclic) bond motifs is 1. The van der Waals surface area contributed by atoms with Crippen molar-refractivity contribution in [2.24, 2.45) is 0 Å². The fourth-order valence-corrected chi connectivity index (χ4v) is 3.04. The predicted molar refractivity (Wildman–Crippen MR) is 84.6 cm³/mol. The number of hydrogen-bond donors (Lipinski definition) is 1. The summed E-state index contributed by atoms with van der Waals surface area (Å²) in [5.74, 6) is -0.871. The highest BCUT2D eigenvalue weighted by atomic mass is 16.4. The van der Waals surface area contributed by atoms with Gasteiger partial charge < -0.3 is 5.11 Å². The van der Waals surface area contributed by atoms with Crippen LogP contribution in [0.5, 0.6) is 0 Å². The molecule has 1 aliphatic rings. The topological polar surface area (TPSA) is 37.3 Å². The number of allylic oxidation sites excluding steroid dienone is 1. The van der Waals surface area contributed by atoms with Gasteiger partial charge in [-0.05, 0) is 61.1 Å². The molecule has 0 aliphatic heterocycles. The number of carboxylic acid groups (broad SMARTS) is 1. The van der Waals surface area contributed by atoms with Crippen molar-refractivity contribution in [3.63, 3.8) is 0 Å². The Morgan fingerprint density at radius 2 is 1.86 bits per heavy atom. The Labute approximate surface area is 124 Å². The number of aromatic carboxylic acids is 1. The van der Waals surface area contributed by atoms with Gasteiger partial charge in [-0.25, -0.2) is 4.79 Å². The van der Waals surface area contributed by atoms with Crippen molar-refractivity contribution in [1.29, 1.82) is 0 Å². The van der Waals surface area contributed by atoms with Crippen molar-refractivity contribution in [2.75, 3.05) is 0 Å². The minimum absolute atomic E-state index is 0.355. The summed E-state index contributed by atoms with van der Waals surface area (Å²) < 4.78 is 0. The standard InChI is InChI=1S/C19H18O2/c1-12-4-3-5-15(10-12)18-13(2)6-7-14-8-9-16(19(20)21)11-17(14)18/h3-5,8-11H,6-7H2,1-2H3,(H,20,21). The Morgan fingerprint density at radius 1 is 1.05 bits per heavy atom. The zero-order chi connectivity index (χ0) is 15.0. The first-order chi connectivity index (χ1) is 10.1. The van der Waals surface area contributed by atoms with E-state index in [2.05, 4.69) is 38.1 Å². The van der Waals surface area contributed by atoms with Crippen LogP contribution in [0.4, 0.5) is 0 Å². The molecule has 0 radical (unpaired) electrons. The van der Waals surface area contributed by atoms with Crippen LogP contribution in [0.25, 0.3) is 5.57 Å². The number of carboxylic acids is 1. The number of hydrogen-bond acceptors (Lipinski definition) is 1. The molecule has 106 valence electrons. The maximum Gasteiger partial charge on any atom is 0.335 e. The summed E-state index contributed by atoms with van der Waals surface area (Å²) in [4.78, 5) is 11.2. The monoisotopic (exact) mass is 278 g/mol. The molecule has 21 heavy (non-hydrogen) atoms. The van der Waals surface area contributed by atoms with Gasteiger partial charge in [0.1, 0.15) is 0 Å². The molecule has 1 aliphatic carbocycles. The molecule has 2 aromatic carbocycles. The molecular formula is C19H18O2. The first-order valence-corrected chi connectivity index (χ1v) is 7.19. The second-order valence-corrected chi connectivity index (χ2v) is 5.70. The fourth-order valence-electron chi connectivity index (χ4n) is 3.04. The van der Waals surface area contributed by atoms with Gasteiger partial charge >= 0.3 is 5.97 Å². The van der Waals surface area contributed by atoms with Crippen molar-refractivity contribution >= 4 is 11.5 Å². The third-order valence-corrected chi connectivity index (χ3v) is 4.13. The summed E-state index contributed by atoms with van der Waals surface area (Å²) in [6.45, 7) is 4.23. The number of aryl methyl sites for hydroxylation is 2. The average Bonchev–Trinajstić information content (AvgIpc) is 2.46. The lowest BCUT2D eigenvalue weighted by Gasteiger charge is -2.23. The molecule has 0 spiro atoms. The molecule has 2 nitrogen and oxygen atoms in total. The van der Waals surface area contributed by atoms with Crippen LogP contribution in [0.3, 0.4) is 0 Å². The Hall–Kier alpha value is -2.35. The highest BCUT2D eigenvalue weighted by Gasteiger charge is 2.19. The largest absolute Gasteiger partial charge is 0.478 e. The molecule has 0 aromatic heterocycles. The zero-order valence-electron chi connectivity index (χ0n) is 12.3. The van der Waals surface area contributed by atoms with Gasteiger partial charge in [-0.3, -0.25) is 0 Å². The predicted octanol–water partition coefficient (Wildman–Crippen LogP) is 4.46. The van der Waals surface area contributed by atoms with Crippen molar-refractivity contribution in [3.8, 4) is 0 Å². The van der Waals surface area contributed by atoms with Crippen LogP contribution < -0.4 is 0 Å². The quantitative estimate of drug-likeness (QED) is 0.880. The highest BCUT2D eigenvalue weighted by Crippen LogP contribution is 2.36. The Bertz CT molecular complexity index is 754. The normalized spacial score (nSPS) is 14.0. The van der Waals surface area contributed by atoms with E-state index in [1.54, 1.807) is 6.07 Å². The second-order valence-electron chi connectivity index (χ2n) is 5.70. The van der Waals surface area contributed by atoms with E-state index >= 15 is 0 Å². The van der Waals surface area contributed by atoms with Gasteiger partial charge in [0.25, 0.3) is 0 Å².